The van der Waals surface area contributed by atoms with E-state index in [0.29, 0.717) is 23.1 Å². The van der Waals surface area contributed by atoms with E-state index in [9.17, 15) is 4.79 Å². The van der Waals surface area contributed by atoms with Gasteiger partial charge in [-0.25, -0.2) is 5.01 Å². The summed E-state index contributed by atoms with van der Waals surface area (Å²) in [6.07, 6.45) is 3.82. The van der Waals surface area contributed by atoms with Crippen molar-refractivity contribution in [2.45, 2.75) is 24.5 Å². The van der Waals surface area contributed by atoms with Crippen molar-refractivity contribution in [3.63, 3.8) is 0 Å². The lowest BCUT2D eigenvalue weighted by Gasteiger charge is -2.19. The first-order valence-corrected chi connectivity index (χ1v) is 11.8. The maximum atomic E-state index is 13.3. The molecule has 172 valence electrons. The normalized spacial score (nSPS) is 15.4. The van der Waals surface area contributed by atoms with E-state index in [-0.39, 0.29) is 17.7 Å². The monoisotopic (exact) mass is 473 g/mol. The molecule has 1 aliphatic rings. The fraction of sp³-hybridized carbons (Fsp3) is 0.200. The first-order chi connectivity index (χ1) is 16.6. The molecule has 0 bridgehead atoms. The SMILES string of the molecule is COc1ccccc1-n1cnnc1SCC(=O)N1N=C(c2ccc(C)cc2)C[C@H]1c1ccco1. The Morgan fingerprint density at radius 3 is 2.74 bits per heavy atom. The topological polar surface area (TPSA) is 85.8 Å². The van der Waals surface area contributed by atoms with Gasteiger partial charge in [-0.1, -0.05) is 53.7 Å². The van der Waals surface area contributed by atoms with Gasteiger partial charge in [-0.05, 0) is 36.8 Å². The highest BCUT2D eigenvalue weighted by Gasteiger charge is 2.35. The highest BCUT2D eigenvalue weighted by Crippen LogP contribution is 2.34. The van der Waals surface area contributed by atoms with E-state index < -0.39 is 0 Å². The summed E-state index contributed by atoms with van der Waals surface area (Å²) in [6, 6.07) is 19.2. The first-order valence-electron chi connectivity index (χ1n) is 10.8. The summed E-state index contributed by atoms with van der Waals surface area (Å²) in [5.41, 5.74) is 3.84. The number of furan rings is 1. The second-order valence-electron chi connectivity index (χ2n) is 7.83. The zero-order valence-corrected chi connectivity index (χ0v) is 19.6. The standard InChI is InChI=1S/C25H23N5O3S/c1-17-9-11-18(12-10-17)19-14-21(23-8-5-13-33-23)30(28-19)24(31)15-34-25-27-26-16-29(25)20-6-3-4-7-22(20)32-2/h3-13,16,21H,14-15H2,1-2H3/t21-/m0/s1. The van der Waals surface area contributed by atoms with Gasteiger partial charge in [0, 0.05) is 6.42 Å². The third kappa shape index (κ3) is 4.34. The molecule has 1 atom stereocenters. The number of hydrogen-bond acceptors (Lipinski definition) is 7. The van der Waals surface area contributed by atoms with Crippen LogP contribution in [0.2, 0.25) is 0 Å². The molecule has 0 radical (unpaired) electrons. The van der Waals surface area contributed by atoms with Crippen molar-refractivity contribution in [1.29, 1.82) is 0 Å². The number of carbonyl (C=O) groups excluding carboxylic acids is 1. The Morgan fingerprint density at radius 1 is 1.15 bits per heavy atom. The third-order valence-electron chi connectivity index (χ3n) is 5.61. The van der Waals surface area contributed by atoms with Crippen LogP contribution in [0.1, 0.15) is 29.3 Å². The Balaban J connectivity index is 1.37. The minimum absolute atomic E-state index is 0.136. The number of carbonyl (C=O) groups is 1. The van der Waals surface area contributed by atoms with Gasteiger partial charge in [-0.3, -0.25) is 9.36 Å². The molecule has 0 saturated carbocycles. The van der Waals surface area contributed by atoms with Gasteiger partial charge in [-0.2, -0.15) is 5.10 Å². The van der Waals surface area contributed by atoms with Crippen molar-refractivity contribution in [2.75, 3.05) is 12.9 Å². The average molecular weight is 474 g/mol. The summed E-state index contributed by atoms with van der Waals surface area (Å²) in [5.74, 6) is 1.42. The van der Waals surface area contributed by atoms with Crippen LogP contribution in [0.3, 0.4) is 0 Å². The second kappa shape index (κ2) is 9.56. The summed E-state index contributed by atoms with van der Waals surface area (Å²) in [7, 11) is 1.62. The Hall–Kier alpha value is -3.85. The molecule has 1 aliphatic heterocycles. The molecule has 4 aromatic rings. The summed E-state index contributed by atoms with van der Waals surface area (Å²) in [6.45, 7) is 2.04. The Labute approximate surface area is 201 Å². The minimum Gasteiger partial charge on any atom is -0.495 e. The van der Waals surface area contributed by atoms with Crippen LogP contribution in [-0.2, 0) is 4.79 Å². The molecule has 0 N–H and O–H groups in total. The zero-order valence-electron chi connectivity index (χ0n) is 18.8. The number of rotatable bonds is 7. The molecule has 0 saturated heterocycles. The molecule has 2 aromatic heterocycles. The van der Waals surface area contributed by atoms with Crippen LogP contribution in [0.25, 0.3) is 5.69 Å². The number of thioether (sulfide) groups is 1. The van der Waals surface area contributed by atoms with Gasteiger partial charge in [0.2, 0.25) is 0 Å². The maximum absolute atomic E-state index is 13.3. The number of aryl methyl sites for hydroxylation is 1. The number of amides is 1. The molecule has 8 nitrogen and oxygen atoms in total. The van der Waals surface area contributed by atoms with Crippen LogP contribution in [0.4, 0.5) is 0 Å². The van der Waals surface area contributed by atoms with Crippen LogP contribution < -0.4 is 4.74 Å². The molecule has 5 rings (SSSR count). The number of ether oxygens (including phenoxy) is 1. The van der Waals surface area contributed by atoms with Crippen LogP contribution in [0, 0.1) is 6.92 Å². The van der Waals surface area contributed by atoms with Crippen molar-refractivity contribution >= 4 is 23.4 Å². The average Bonchev–Trinajstić information content (AvgIpc) is 3.63. The summed E-state index contributed by atoms with van der Waals surface area (Å²) in [5, 5.41) is 15.1. The quantitative estimate of drug-likeness (QED) is 0.363. The molecule has 9 heteroatoms. The molecule has 34 heavy (non-hydrogen) atoms. The molecule has 0 spiro atoms. The fourth-order valence-corrected chi connectivity index (χ4v) is 4.65. The molecular weight excluding hydrogens is 450 g/mol. The number of para-hydroxylation sites is 2. The molecule has 2 aromatic carbocycles. The predicted molar refractivity (Wildman–Crippen MR) is 129 cm³/mol. The minimum atomic E-state index is -0.286. The van der Waals surface area contributed by atoms with Gasteiger partial charge >= 0.3 is 0 Å². The van der Waals surface area contributed by atoms with Crippen LogP contribution >= 0.6 is 11.8 Å². The summed E-state index contributed by atoms with van der Waals surface area (Å²) < 4.78 is 12.9. The lowest BCUT2D eigenvalue weighted by Crippen LogP contribution is -2.28. The van der Waals surface area contributed by atoms with E-state index >= 15 is 0 Å². The number of nitrogens with zero attached hydrogens (tertiary/aromatic N) is 5. The maximum Gasteiger partial charge on any atom is 0.253 e. The molecule has 0 aliphatic carbocycles. The molecule has 0 unspecified atom stereocenters. The van der Waals surface area contributed by atoms with Crippen molar-refractivity contribution in [2.24, 2.45) is 5.10 Å². The van der Waals surface area contributed by atoms with Gasteiger partial charge in [0.15, 0.2) is 5.16 Å². The van der Waals surface area contributed by atoms with E-state index in [1.807, 2.05) is 72.2 Å². The van der Waals surface area contributed by atoms with E-state index in [1.54, 1.807) is 19.7 Å². The Morgan fingerprint density at radius 2 is 1.97 bits per heavy atom. The number of hydrazone groups is 1. The third-order valence-corrected chi connectivity index (χ3v) is 6.54. The molecule has 3 heterocycles. The van der Waals surface area contributed by atoms with Crippen LogP contribution in [-0.4, -0.2) is 44.3 Å². The van der Waals surface area contributed by atoms with Crippen molar-refractivity contribution in [3.05, 3.63) is 90.1 Å². The van der Waals surface area contributed by atoms with Crippen LogP contribution in [0.5, 0.6) is 5.75 Å². The van der Waals surface area contributed by atoms with E-state index in [2.05, 4.69) is 10.2 Å². The van der Waals surface area contributed by atoms with Gasteiger partial charge < -0.3 is 9.15 Å². The smallest absolute Gasteiger partial charge is 0.253 e. The lowest BCUT2D eigenvalue weighted by atomic mass is 10.0. The second-order valence-corrected chi connectivity index (χ2v) is 8.77. The van der Waals surface area contributed by atoms with E-state index in [0.717, 1.165) is 17.0 Å². The Kier molecular flexibility index (Phi) is 6.18. The molecule has 1 amide bonds. The van der Waals surface area contributed by atoms with Gasteiger partial charge in [0.1, 0.15) is 23.9 Å². The number of hydrogen-bond donors (Lipinski definition) is 0. The van der Waals surface area contributed by atoms with Gasteiger partial charge in [0.05, 0.1) is 30.5 Å². The fourth-order valence-electron chi connectivity index (χ4n) is 3.87. The Bertz CT molecular complexity index is 1310. The van der Waals surface area contributed by atoms with E-state index in [4.69, 9.17) is 14.3 Å². The lowest BCUT2D eigenvalue weighted by molar-refractivity contribution is -0.130. The van der Waals surface area contributed by atoms with Gasteiger partial charge in [-0.15, -0.1) is 10.2 Å². The van der Waals surface area contributed by atoms with Crippen molar-refractivity contribution in [1.82, 2.24) is 19.8 Å². The highest BCUT2D eigenvalue weighted by atomic mass is 32.2. The highest BCUT2D eigenvalue weighted by molar-refractivity contribution is 7.99. The number of aromatic nitrogens is 3. The summed E-state index contributed by atoms with van der Waals surface area (Å²) >= 11 is 1.30. The summed E-state index contributed by atoms with van der Waals surface area (Å²) in [4.78, 5) is 13.3. The number of benzene rings is 2. The van der Waals surface area contributed by atoms with E-state index in [1.165, 1.54) is 22.3 Å². The largest absolute Gasteiger partial charge is 0.495 e. The van der Waals surface area contributed by atoms with Crippen molar-refractivity contribution < 1.29 is 13.9 Å². The number of methoxy groups -OCH3 is 1. The zero-order chi connectivity index (χ0) is 23.5. The van der Waals surface area contributed by atoms with Gasteiger partial charge in [0.25, 0.3) is 5.91 Å². The predicted octanol–water partition coefficient (Wildman–Crippen LogP) is 4.65. The van der Waals surface area contributed by atoms with Crippen LogP contribution in [0.15, 0.2) is 87.9 Å². The molecular formula is C25H23N5O3S. The first kappa shape index (κ1) is 22.0. The molecule has 0 fully saturated rings. The van der Waals surface area contributed by atoms with Crippen molar-refractivity contribution in [3.8, 4) is 11.4 Å².